The molecule has 0 saturated carbocycles. The summed E-state index contributed by atoms with van der Waals surface area (Å²) in [6, 6.07) is 1.50. The van der Waals surface area contributed by atoms with E-state index in [0.717, 1.165) is 0 Å². The molecule has 1 aromatic rings. The lowest BCUT2D eigenvalue weighted by atomic mass is 10.2. The molecule has 0 amide bonds. The van der Waals surface area contributed by atoms with E-state index in [9.17, 15) is 13.2 Å². The molecular weight excluding hydrogens is 366 g/mol. The predicted octanol–water partition coefficient (Wildman–Crippen LogP) is 1.61. The highest BCUT2D eigenvalue weighted by Crippen LogP contribution is 2.35. The lowest BCUT2D eigenvalue weighted by Crippen LogP contribution is -2.40. The molecule has 2 N–H and O–H groups in total. The van der Waals surface area contributed by atoms with Gasteiger partial charge in [-0.1, -0.05) is 6.92 Å². The number of aliphatic carboxylic acids is 1. The van der Waals surface area contributed by atoms with Crippen LogP contribution >= 0.6 is 15.9 Å². The number of hydrogen-bond acceptors (Lipinski definition) is 5. The van der Waals surface area contributed by atoms with E-state index in [-0.39, 0.29) is 21.5 Å². The minimum Gasteiger partial charge on any atom is -0.493 e. The number of methoxy groups -OCH3 is 2. The zero-order valence-corrected chi connectivity index (χ0v) is 14.1. The van der Waals surface area contributed by atoms with Crippen LogP contribution in [0.15, 0.2) is 21.5 Å². The molecular formula is C12H16BrNO6S. The molecule has 0 heterocycles. The smallest absolute Gasteiger partial charge is 0.321 e. The monoisotopic (exact) mass is 381 g/mol. The summed E-state index contributed by atoms with van der Waals surface area (Å²) in [5.74, 6) is -0.657. The number of sulfonamides is 1. The third-order valence-corrected chi connectivity index (χ3v) is 5.16. The third-order valence-electron chi connectivity index (χ3n) is 2.73. The SMILES string of the molecule is CC[C@@H](NS(=O)(=O)c1cc(OC)c(OC)cc1Br)C(=O)O. The average Bonchev–Trinajstić information content (AvgIpc) is 2.43. The van der Waals surface area contributed by atoms with E-state index in [4.69, 9.17) is 14.6 Å². The van der Waals surface area contributed by atoms with Crippen molar-refractivity contribution in [3.63, 3.8) is 0 Å². The summed E-state index contributed by atoms with van der Waals surface area (Å²) < 4.78 is 37.1. The summed E-state index contributed by atoms with van der Waals surface area (Å²) in [5.41, 5.74) is 0. The fourth-order valence-electron chi connectivity index (χ4n) is 1.60. The zero-order valence-electron chi connectivity index (χ0n) is 11.7. The number of carboxylic acid groups (broad SMARTS) is 1. The standard InChI is InChI=1S/C12H16BrNO6S/c1-4-8(12(15)16)14-21(17,18)11-6-10(20-3)9(19-2)5-7(11)13/h5-6,8,14H,4H2,1-3H3,(H,15,16)/t8-/m1/s1. The van der Waals surface area contributed by atoms with Crippen LogP contribution in [0, 0.1) is 0 Å². The largest absolute Gasteiger partial charge is 0.493 e. The third kappa shape index (κ3) is 4.08. The maximum Gasteiger partial charge on any atom is 0.321 e. The molecule has 0 aliphatic heterocycles. The molecule has 0 spiro atoms. The fourth-order valence-corrected chi connectivity index (χ4v) is 3.91. The molecule has 9 heteroatoms. The summed E-state index contributed by atoms with van der Waals surface area (Å²) >= 11 is 3.13. The second-order valence-electron chi connectivity index (χ2n) is 4.06. The van der Waals surface area contributed by atoms with Crippen LogP contribution in [-0.4, -0.2) is 39.8 Å². The highest BCUT2D eigenvalue weighted by atomic mass is 79.9. The molecule has 21 heavy (non-hydrogen) atoms. The first-order valence-electron chi connectivity index (χ1n) is 5.93. The van der Waals surface area contributed by atoms with E-state index in [1.807, 2.05) is 0 Å². The van der Waals surface area contributed by atoms with E-state index >= 15 is 0 Å². The Morgan fingerprint density at radius 1 is 1.33 bits per heavy atom. The van der Waals surface area contributed by atoms with E-state index < -0.39 is 22.0 Å². The minimum absolute atomic E-state index is 0.124. The Kier molecular flexibility index (Phi) is 5.99. The van der Waals surface area contributed by atoms with Gasteiger partial charge in [0, 0.05) is 10.5 Å². The van der Waals surface area contributed by atoms with Crippen molar-refractivity contribution >= 4 is 31.9 Å². The van der Waals surface area contributed by atoms with Gasteiger partial charge in [0.2, 0.25) is 10.0 Å². The van der Waals surface area contributed by atoms with Crippen molar-refractivity contribution in [3.05, 3.63) is 16.6 Å². The molecule has 0 saturated heterocycles. The Labute approximate surface area is 131 Å². The lowest BCUT2D eigenvalue weighted by molar-refractivity contribution is -0.139. The van der Waals surface area contributed by atoms with Crippen molar-refractivity contribution in [3.8, 4) is 11.5 Å². The predicted molar refractivity (Wildman–Crippen MR) is 79.3 cm³/mol. The number of hydrogen-bond donors (Lipinski definition) is 2. The van der Waals surface area contributed by atoms with Gasteiger partial charge in [-0.25, -0.2) is 8.42 Å². The van der Waals surface area contributed by atoms with Gasteiger partial charge in [-0.05, 0) is 28.4 Å². The highest BCUT2D eigenvalue weighted by Gasteiger charge is 2.27. The molecule has 1 rings (SSSR count). The Balaban J connectivity index is 3.28. The molecule has 1 atom stereocenters. The quantitative estimate of drug-likeness (QED) is 0.743. The van der Waals surface area contributed by atoms with Gasteiger partial charge in [-0.15, -0.1) is 0 Å². The summed E-state index contributed by atoms with van der Waals surface area (Å²) in [7, 11) is -1.22. The first-order valence-corrected chi connectivity index (χ1v) is 8.21. The van der Waals surface area contributed by atoms with Crippen molar-refractivity contribution < 1.29 is 27.8 Å². The molecule has 0 aliphatic rings. The highest BCUT2D eigenvalue weighted by molar-refractivity contribution is 9.10. The Bertz CT molecular complexity index is 631. The maximum absolute atomic E-state index is 12.3. The van der Waals surface area contributed by atoms with Crippen LogP contribution in [0.3, 0.4) is 0 Å². The Morgan fingerprint density at radius 3 is 2.29 bits per heavy atom. The molecule has 0 aliphatic carbocycles. The van der Waals surface area contributed by atoms with Crippen molar-refractivity contribution in [2.24, 2.45) is 0 Å². The second-order valence-corrected chi connectivity index (χ2v) is 6.59. The summed E-state index contributed by atoms with van der Waals surface area (Å²) in [4.78, 5) is 10.8. The lowest BCUT2D eigenvalue weighted by Gasteiger charge is -2.15. The van der Waals surface area contributed by atoms with E-state index in [0.29, 0.717) is 5.75 Å². The van der Waals surface area contributed by atoms with Gasteiger partial charge in [0.05, 0.1) is 14.2 Å². The first kappa shape index (κ1) is 17.7. The Morgan fingerprint density at radius 2 is 1.86 bits per heavy atom. The van der Waals surface area contributed by atoms with E-state index in [2.05, 4.69) is 20.7 Å². The van der Waals surface area contributed by atoms with Crippen LogP contribution in [0.25, 0.3) is 0 Å². The number of carbonyl (C=O) groups is 1. The molecule has 1 aromatic carbocycles. The fraction of sp³-hybridized carbons (Fsp3) is 0.417. The molecule has 0 bridgehead atoms. The van der Waals surface area contributed by atoms with Gasteiger partial charge in [-0.3, -0.25) is 4.79 Å². The molecule has 0 radical (unpaired) electrons. The van der Waals surface area contributed by atoms with Gasteiger partial charge in [0.15, 0.2) is 11.5 Å². The number of benzene rings is 1. The summed E-state index contributed by atoms with van der Waals surface area (Å²) in [6.07, 6.45) is 0.124. The number of halogens is 1. The summed E-state index contributed by atoms with van der Waals surface area (Å²) in [5, 5.41) is 8.95. The Hall–Kier alpha value is -1.32. The van der Waals surface area contributed by atoms with Crippen molar-refractivity contribution in [1.29, 1.82) is 0 Å². The van der Waals surface area contributed by atoms with Gasteiger partial charge < -0.3 is 14.6 Å². The van der Waals surface area contributed by atoms with Crippen molar-refractivity contribution in [2.75, 3.05) is 14.2 Å². The summed E-state index contributed by atoms with van der Waals surface area (Å²) in [6.45, 7) is 1.57. The number of nitrogens with one attached hydrogen (secondary N) is 1. The maximum atomic E-state index is 12.3. The second kappa shape index (κ2) is 7.10. The van der Waals surface area contributed by atoms with Gasteiger partial charge in [0.25, 0.3) is 0 Å². The average molecular weight is 382 g/mol. The van der Waals surface area contributed by atoms with Crippen LogP contribution < -0.4 is 14.2 Å². The number of rotatable bonds is 7. The van der Waals surface area contributed by atoms with Gasteiger partial charge in [0.1, 0.15) is 10.9 Å². The topological polar surface area (TPSA) is 102 Å². The van der Waals surface area contributed by atoms with Crippen LogP contribution in [-0.2, 0) is 14.8 Å². The van der Waals surface area contributed by atoms with Gasteiger partial charge >= 0.3 is 5.97 Å². The molecule has 0 fully saturated rings. The normalized spacial score (nSPS) is 12.8. The number of ether oxygens (including phenoxy) is 2. The van der Waals surface area contributed by atoms with Crippen LogP contribution in [0.2, 0.25) is 0 Å². The molecule has 7 nitrogen and oxygen atoms in total. The van der Waals surface area contributed by atoms with Gasteiger partial charge in [-0.2, -0.15) is 4.72 Å². The molecule has 0 aromatic heterocycles. The zero-order chi connectivity index (χ0) is 16.2. The van der Waals surface area contributed by atoms with Crippen LogP contribution in [0.1, 0.15) is 13.3 Å². The minimum atomic E-state index is -4.02. The van der Waals surface area contributed by atoms with Crippen molar-refractivity contribution in [1.82, 2.24) is 4.72 Å². The van der Waals surface area contributed by atoms with Crippen molar-refractivity contribution in [2.45, 2.75) is 24.3 Å². The van der Waals surface area contributed by atoms with E-state index in [1.165, 1.54) is 26.4 Å². The van der Waals surface area contributed by atoms with Crippen LogP contribution in [0.5, 0.6) is 11.5 Å². The first-order chi connectivity index (χ1) is 9.76. The molecule has 118 valence electrons. The van der Waals surface area contributed by atoms with E-state index in [1.54, 1.807) is 6.92 Å². The number of carboxylic acids is 1. The van der Waals surface area contributed by atoms with Crippen LogP contribution in [0.4, 0.5) is 0 Å². The molecule has 0 unspecified atom stereocenters.